The SMILES string of the molecule is OC(O)Cc1nnn[nH]1. The molecule has 0 radical (unpaired) electrons. The summed E-state index contributed by atoms with van der Waals surface area (Å²) in [6, 6.07) is 0. The summed E-state index contributed by atoms with van der Waals surface area (Å²) in [6.45, 7) is 0. The number of hydrogen-bond donors (Lipinski definition) is 3. The van der Waals surface area contributed by atoms with Crippen LogP contribution < -0.4 is 0 Å². The van der Waals surface area contributed by atoms with E-state index in [0.717, 1.165) is 0 Å². The van der Waals surface area contributed by atoms with Gasteiger partial charge in [-0.25, -0.2) is 5.10 Å². The summed E-state index contributed by atoms with van der Waals surface area (Å²) < 4.78 is 0. The zero-order valence-corrected chi connectivity index (χ0v) is 4.52. The van der Waals surface area contributed by atoms with Crippen LogP contribution in [0.3, 0.4) is 0 Å². The van der Waals surface area contributed by atoms with Crippen molar-refractivity contribution in [2.24, 2.45) is 0 Å². The fourth-order valence-electron chi connectivity index (χ4n) is 0.438. The predicted molar refractivity (Wildman–Crippen MR) is 26.1 cm³/mol. The topological polar surface area (TPSA) is 94.9 Å². The monoisotopic (exact) mass is 130 g/mol. The van der Waals surface area contributed by atoms with Crippen LogP contribution in [0.1, 0.15) is 5.82 Å². The minimum Gasteiger partial charge on any atom is -0.368 e. The quantitative estimate of drug-likeness (QED) is 0.404. The van der Waals surface area contributed by atoms with E-state index in [-0.39, 0.29) is 6.42 Å². The molecule has 9 heavy (non-hydrogen) atoms. The van der Waals surface area contributed by atoms with Gasteiger partial charge in [0, 0.05) is 0 Å². The predicted octanol–water partition coefficient (Wildman–Crippen LogP) is -1.95. The second kappa shape index (κ2) is 2.51. The average Bonchev–Trinajstić information content (AvgIpc) is 2.15. The molecule has 1 aromatic heterocycles. The highest BCUT2D eigenvalue weighted by Crippen LogP contribution is 1.87. The third-order valence-corrected chi connectivity index (χ3v) is 0.765. The van der Waals surface area contributed by atoms with Crippen molar-refractivity contribution in [3.8, 4) is 0 Å². The third kappa shape index (κ3) is 1.74. The smallest absolute Gasteiger partial charge is 0.158 e. The Labute approximate surface area is 50.5 Å². The fourth-order valence-corrected chi connectivity index (χ4v) is 0.438. The van der Waals surface area contributed by atoms with Gasteiger partial charge in [0.25, 0.3) is 0 Å². The summed E-state index contributed by atoms with van der Waals surface area (Å²) in [7, 11) is 0. The summed E-state index contributed by atoms with van der Waals surface area (Å²) in [6.07, 6.45) is -1.35. The van der Waals surface area contributed by atoms with Crippen LogP contribution in [0.25, 0.3) is 0 Å². The Kier molecular flexibility index (Phi) is 1.71. The standard InChI is InChI=1S/C3H6N4O2/c8-3(9)1-2-4-6-7-5-2/h3,8-9H,1H2,(H,4,5,6,7). The largest absolute Gasteiger partial charge is 0.368 e. The molecule has 1 heterocycles. The van der Waals surface area contributed by atoms with Gasteiger partial charge in [0.1, 0.15) is 0 Å². The first-order chi connectivity index (χ1) is 4.29. The molecule has 1 aromatic rings. The van der Waals surface area contributed by atoms with Crippen molar-refractivity contribution in [3.05, 3.63) is 5.82 Å². The van der Waals surface area contributed by atoms with Crippen LogP contribution >= 0.6 is 0 Å². The molecule has 0 amide bonds. The molecule has 50 valence electrons. The van der Waals surface area contributed by atoms with E-state index in [1.165, 1.54) is 0 Å². The van der Waals surface area contributed by atoms with Gasteiger partial charge in [0.05, 0.1) is 6.42 Å². The molecule has 6 heteroatoms. The van der Waals surface area contributed by atoms with Crippen molar-refractivity contribution in [2.45, 2.75) is 12.7 Å². The lowest BCUT2D eigenvalue weighted by atomic mass is 10.4. The first kappa shape index (κ1) is 6.12. The number of H-pyrrole nitrogens is 1. The number of nitrogens with one attached hydrogen (secondary N) is 1. The Morgan fingerprint density at radius 3 is 2.78 bits per heavy atom. The molecular formula is C3H6N4O2. The maximum atomic E-state index is 8.36. The van der Waals surface area contributed by atoms with E-state index >= 15 is 0 Å². The zero-order chi connectivity index (χ0) is 6.69. The average molecular weight is 130 g/mol. The van der Waals surface area contributed by atoms with Gasteiger partial charge in [-0.2, -0.15) is 0 Å². The van der Waals surface area contributed by atoms with Gasteiger partial charge in [-0.1, -0.05) is 0 Å². The Balaban J connectivity index is 2.48. The third-order valence-electron chi connectivity index (χ3n) is 0.765. The van der Waals surface area contributed by atoms with Crippen LogP contribution in [0.2, 0.25) is 0 Å². The maximum absolute atomic E-state index is 8.36. The molecule has 3 N–H and O–H groups in total. The van der Waals surface area contributed by atoms with Crippen LogP contribution in [0.4, 0.5) is 0 Å². The Hall–Kier alpha value is -1.01. The summed E-state index contributed by atoms with van der Waals surface area (Å²) in [5, 5.41) is 29.0. The number of nitrogens with zero attached hydrogens (tertiary/aromatic N) is 3. The molecule has 0 aliphatic rings. The number of aromatic nitrogens is 4. The van der Waals surface area contributed by atoms with Gasteiger partial charge >= 0.3 is 0 Å². The van der Waals surface area contributed by atoms with Crippen molar-refractivity contribution in [3.63, 3.8) is 0 Å². The molecule has 0 aliphatic carbocycles. The molecule has 6 nitrogen and oxygen atoms in total. The van der Waals surface area contributed by atoms with E-state index in [1.54, 1.807) is 0 Å². The fraction of sp³-hybridized carbons (Fsp3) is 0.667. The minimum absolute atomic E-state index is 0.0347. The second-order valence-electron chi connectivity index (χ2n) is 1.53. The Bertz CT molecular complexity index is 160. The number of aliphatic hydroxyl groups excluding tert-OH is 1. The molecule has 0 atom stereocenters. The van der Waals surface area contributed by atoms with Crippen LogP contribution in [-0.4, -0.2) is 37.1 Å². The molecule has 0 bridgehead atoms. The van der Waals surface area contributed by atoms with E-state index < -0.39 is 6.29 Å². The van der Waals surface area contributed by atoms with E-state index in [4.69, 9.17) is 10.2 Å². The van der Waals surface area contributed by atoms with Crippen molar-refractivity contribution in [2.75, 3.05) is 0 Å². The number of hydrogen-bond acceptors (Lipinski definition) is 5. The highest BCUT2D eigenvalue weighted by atomic mass is 16.5. The highest BCUT2D eigenvalue weighted by molar-refractivity contribution is 4.75. The number of tetrazole rings is 1. The van der Waals surface area contributed by atoms with E-state index in [9.17, 15) is 0 Å². The summed E-state index contributed by atoms with van der Waals surface area (Å²) in [5.74, 6) is 0.366. The first-order valence-electron chi connectivity index (χ1n) is 2.38. The maximum Gasteiger partial charge on any atom is 0.158 e. The van der Waals surface area contributed by atoms with Crippen LogP contribution in [0.15, 0.2) is 0 Å². The molecule has 0 saturated carbocycles. The van der Waals surface area contributed by atoms with Crippen molar-refractivity contribution in [1.82, 2.24) is 20.6 Å². The Morgan fingerprint density at radius 2 is 2.33 bits per heavy atom. The summed E-state index contributed by atoms with van der Waals surface area (Å²) >= 11 is 0. The van der Waals surface area contributed by atoms with E-state index in [0.29, 0.717) is 5.82 Å². The lowest BCUT2D eigenvalue weighted by Crippen LogP contribution is -2.09. The lowest BCUT2D eigenvalue weighted by molar-refractivity contribution is -0.0395. The molecular weight excluding hydrogens is 124 g/mol. The van der Waals surface area contributed by atoms with Crippen molar-refractivity contribution in [1.29, 1.82) is 0 Å². The molecule has 0 fully saturated rings. The first-order valence-corrected chi connectivity index (χ1v) is 2.38. The molecule has 0 aromatic carbocycles. The van der Waals surface area contributed by atoms with Gasteiger partial charge in [0.2, 0.25) is 0 Å². The number of rotatable bonds is 2. The van der Waals surface area contributed by atoms with Gasteiger partial charge < -0.3 is 10.2 Å². The van der Waals surface area contributed by atoms with Crippen molar-refractivity contribution < 1.29 is 10.2 Å². The Morgan fingerprint density at radius 1 is 1.56 bits per heavy atom. The van der Waals surface area contributed by atoms with E-state index in [2.05, 4.69) is 20.6 Å². The molecule has 0 spiro atoms. The number of aromatic amines is 1. The molecule has 1 rings (SSSR count). The van der Waals surface area contributed by atoms with Gasteiger partial charge in [0.15, 0.2) is 12.1 Å². The molecule has 0 aliphatic heterocycles. The lowest BCUT2D eigenvalue weighted by Gasteiger charge is -1.95. The second-order valence-corrected chi connectivity index (χ2v) is 1.53. The van der Waals surface area contributed by atoms with E-state index in [1.807, 2.05) is 0 Å². The number of aliphatic hydroxyl groups is 2. The van der Waals surface area contributed by atoms with Crippen molar-refractivity contribution >= 4 is 0 Å². The van der Waals surface area contributed by atoms with Gasteiger partial charge in [-0.05, 0) is 10.4 Å². The summed E-state index contributed by atoms with van der Waals surface area (Å²) in [4.78, 5) is 0. The van der Waals surface area contributed by atoms with Gasteiger partial charge in [-0.15, -0.1) is 5.10 Å². The minimum atomic E-state index is -1.39. The van der Waals surface area contributed by atoms with Crippen LogP contribution in [0, 0.1) is 0 Å². The van der Waals surface area contributed by atoms with Crippen LogP contribution in [-0.2, 0) is 6.42 Å². The normalized spacial score (nSPS) is 10.6. The summed E-state index contributed by atoms with van der Waals surface area (Å²) in [5.41, 5.74) is 0. The van der Waals surface area contributed by atoms with Crippen LogP contribution in [0.5, 0.6) is 0 Å². The highest BCUT2D eigenvalue weighted by Gasteiger charge is 2.01. The molecule has 0 unspecified atom stereocenters. The van der Waals surface area contributed by atoms with Gasteiger partial charge in [-0.3, -0.25) is 0 Å². The molecule has 0 saturated heterocycles. The zero-order valence-electron chi connectivity index (χ0n) is 4.52.